The highest BCUT2D eigenvalue weighted by molar-refractivity contribution is 5.39. The Kier molecular flexibility index (Phi) is 4.04. The number of pyridine rings is 1. The van der Waals surface area contributed by atoms with E-state index in [1.54, 1.807) is 24.3 Å². The molecule has 19 heavy (non-hydrogen) atoms. The summed E-state index contributed by atoms with van der Waals surface area (Å²) in [6, 6.07) is 11.5. The van der Waals surface area contributed by atoms with Gasteiger partial charge in [0.2, 0.25) is 0 Å². The van der Waals surface area contributed by atoms with E-state index in [-0.39, 0.29) is 5.56 Å². The standard InChI is InChI=1S/C14H11F2N3/c15-14(16)12-4-1-10(2-5-12)8-18-13-6-3-11(7-17)9-19-13/h1-6,9,14H,8H2,(H,18,19). The predicted molar refractivity (Wildman–Crippen MR) is 67.7 cm³/mol. The maximum Gasteiger partial charge on any atom is 0.263 e. The van der Waals surface area contributed by atoms with Gasteiger partial charge in [-0.25, -0.2) is 13.8 Å². The van der Waals surface area contributed by atoms with E-state index in [9.17, 15) is 8.78 Å². The van der Waals surface area contributed by atoms with Crippen molar-refractivity contribution in [3.63, 3.8) is 0 Å². The van der Waals surface area contributed by atoms with Gasteiger partial charge in [0.25, 0.3) is 6.43 Å². The van der Waals surface area contributed by atoms with Gasteiger partial charge in [0.15, 0.2) is 0 Å². The van der Waals surface area contributed by atoms with Crippen molar-refractivity contribution in [2.24, 2.45) is 0 Å². The van der Waals surface area contributed by atoms with E-state index in [2.05, 4.69) is 10.3 Å². The lowest BCUT2D eigenvalue weighted by Crippen LogP contribution is -2.01. The Morgan fingerprint density at radius 2 is 1.89 bits per heavy atom. The molecule has 0 aliphatic rings. The molecule has 0 unspecified atom stereocenters. The summed E-state index contributed by atoms with van der Waals surface area (Å²) in [5.74, 6) is 0.636. The van der Waals surface area contributed by atoms with E-state index in [4.69, 9.17) is 5.26 Å². The number of nitrogens with one attached hydrogen (secondary N) is 1. The average Bonchev–Trinajstić information content (AvgIpc) is 2.46. The van der Waals surface area contributed by atoms with Crippen LogP contribution < -0.4 is 5.32 Å². The number of rotatable bonds is 4. The molecule has 96 valence electrons. The van der Waals surface area contributed by atoms with Crippen LogP contribution in [0.1, 0.15) is 23.1 Å². The zero-order valence-electron chi connectivity index (χ0n) is 9.98. The number of alkyl halides is 2. The zero-order chi connectivity index (χ0) is 13.7. The van der Waals surface area contributed by atoms with Gasteiger partial charge in [-0.05, 0) is 17.7 Å². The van der Waals surface area contributed by atoms with Gasteiger partial charge >= 0.3 is 0 Å². The van der Waals surface area contributed by atoms with Crippen molar-refractivity contribution in [1.82, 2.24) is 4.98 Å². The molecule has 2 aromatic rings. The predicted octanol–water partition coefficient (Wildman–Crippen LogP) is 3.50. The molecular weight excluding hydrogens is 248 g/mol. The van der Waals surface area contributed by atoms with Gasteiger partial charge in [-0.2, -0.15) is 5.26 Å². The van der Waals surface area contributed by atoms with Crippen LogP contribution in [0.3, 0.4) is 0 Å². The van der Waals surface area contributed by atoms with Gasteiger partial charge < -0.3 is 5.32 Å². The molecule has 0 fully saturated rings. The maximum atomic E-state index is 12.4. The SMILES string of the molecule is N#Cc1ccc(NCc2ccc(C(F)F)cc2)nc1. The van der Waals surface area contributed by atoms with Crippen molar-refractivity contribution in [2.75, 3.05) is 5.32 Å². The Hall–Kier alpha value is -2.48. The Labute approximate surface area is 109 Å². The highest BCUT2D eigenvalue weighted by Crippen LogP contribution is 2.19. The molecule has 1 N–H and O–H groups in total. The van der Waals surface area contributed by atoms with Crippen LogP contribution in [-0.4, -0.2) is 4.98 Å². The molecule has 1 heterocycles. The third-order valence-electron chi connectivity index (χ3n) is 2.60. The van der Waals surface area contributed by atoms with Crippen LogP contribution in [0.5, 0.6) is 0 Å². The molecule has 5 heteroatoms. The van der Waals surface area contributed by atoms with Crippen LogP contribution in [0.25, 0.3) is 0 Å². The van der Waals surface area contributed by atoms with Crippen LogP contribution in [0, 0.1) is 11.3 Å². The van der Waals surface area contributed by atoms with E-state index in [1.807, 2.05) is 6.07 Å². The van der Waals surface area contributed by atoms with Crippen LogP contribution in [-0.2, 0) is 6.54 Å². The van der Waals surface area contributed by atoms with Crippen molar-refractivity contribution < 1.29 is 8.78 Å². The number of hydrogen-bond acceptors (Lipinski definition) is 3. The molecule has 1 aromatic carbocycles. The molecule has 0 spiro atoms. The first-order valence-electron chi connectivity index (χ1n) is 5.66. The van der Waals surface area contributed by atoms with Crippen molar-refractivity contribution in [3.05, 3.63) is 59.3 Å². The first-order valence-corrected chi connectivity index (χ1v) is 5.66. The smallest absolute Gasteiger partial charge is 0.263 e. The minimum Gasteiger partial charge on any atom is -0.366 e. The fourth-order valence-electron chi connectivity index (χ4n) is 1.54. The van der Waals surface area contributed by atoms with Gasteiger partial charge in [0.1, 0.15) is 11.9 Å². The molecule has 1 aromatic heterocycles. The normalized spacial score (nSPS) is 10.2. The maximum absolute atomic E-state index is 12.4. The van der Waals surface area contributed by atoms with Crippen molar-refractivity contribution >= 4 is 5.82 Å². The lowest BCUT2D eigenvalue weighted by atomic mass is 10.1. The number of anilines is 1. The Morgan fingerprint density at radius 3 is 2.42 bits per heavy atom. The minimum absolute atomic E-state index is 0.0141. The molecule has 0 amide bonds. The molecular formula is C14H11F2N3. The van der Waals surface area contributed by atoms with E-state index in [1.165, 1.54) is 18.3 Å². The number of halogens is 2. The van der Waals surface area contributed by atoms with Gasteiger partial charge in [-0.15, -0.1) is 0 Å². The molecule has 0 saturated heterocycles. The molecule has 3 nitrogen and oxygen atoms in total. The van der Waals surface area contributed by atoms with Gasteiger partial charge in [0, 0.05) is 18.3 Å². The fraction of sp³-hybridized carbons (Fsp3) is 0.143. The minimum atomic E-state index is -2.44. The third kappa shape index (κ3) is 3.49. The largest absolute Gasteiger partial charge is 0.366 e. The first kappa shape index (κ1) is 13.0. The monoisotopic (exact) mass is 259 g/mol. The summed E-state index contributed by atoms with van der Waals surface area (Å²) in [7, 11) is 0. The second kappa shape index (κ2) is 5.91. The second-order valence-electron chi connectivity index (χ2n) is 3.94. The number of aromatic nitrogens is 1. The first-order chi connectivity index (χ1) is 9.19. The van der Waals surface area contributed by atoms with Crippen LogP contribution >= 0.6 is 0 Å². The Balaban J connectivity index is 1.96. The molecule has 0 atom stereocenters. The average molecular weight is 259 g/mol. The van der Waals surface area contributed by atoms with E-state index < -0.39 is 6.43 Å². The molecule has 0 saturated carbocycles. The lowest BCUT2D eigenvalue weighted by molar-refractivity contribution is 0.151. The summed E-state index contributed by atoms with van der Waals surface area (Å²) < 4.78 is 24.7. The summed E-state index contributed by atoms with van der Waals surface area (Å²) in [6.45, 7) is 0.489. The number of hydrogen-bond donors (Lipinski definition) is 1. The van der Waals surface area contributed by atoms with Gasteiger partial charge in [0.05, 0.1) is 5.56 Å². The highest BCUT2D eigenvalue weighted by atomic mass is 19.3. The zero-order valence-corrected chi connectivity index (χ0v) is 9.98. The number of benzene rings is 1. The van der Waals surface area contributed by atoms with Crippen LogP contribution in [0.15, 0.2) is 42.6 Å². The van der Waals surface area contributed by atoms with Gasteiger partial charge in [-0.1, -0.05) is 24.3 Å². The lowest BCUT2D eigenvalue weighted by Gasteiger charge is -2.06. The fourth-order valence-corrected chi connectivity index (χ4v) is 1.54. The molecule has 0 aliphatic heterocycles. The molecule has 0 aliphatic carbocycles. The van der Waals surface area contributed by atoms with Crippen LogP contribution in [0.2, 0.25) is 0 Å². The van der Waals surface area contributed by atoms with Crippen molar-refractivity contribution in [2.45, 2.75) is 13.0 Å². The van der Waals surface area contributed by atoms with Crippen molar-refractivity contribution in [1.29, 1.82) is 5.26 Å². The number of nitrogens with zero attached hydrogens (tertiary/aromatic N) is 2. The molecule has 2 rings (SSSR count). The van der Waals surface area contributed by atoms with Crippen molar-refractivity contribution in [3.8, 4) is 6.07 Å². The third-order valence-corrected chi connectivity index (χ3v) is 2.60. The topological polar surface area (TPSA) is 48.7 Å². The second-order valence-corrected chi connectivity index (χ2v) is 3.94. The Bertz CT molecular complexity index is 571. The summed E-state index contributed by atoms with van der Waals surface area (Å²) in [4.78, 5) is 4.06. The summed E-state index contributed by atoms with van der Waals surface area (Å²) in [5, 5.41) is 11.7. The van der Waals surface area contributed by atoms with Crippen LogP contribution in [0.4, 0.5) is 14.6 Å². The van der Waals surface area contributed by atoms with E-state index in [0.29, 0.717) is 17.9 Å². The van der Waals surface area contributed by atoms with E-state index in [0.717, 1.165) is 5.56 Å². The van der Waals surface area contributed by atoms with Gasteiger partial charge in [-0.3, -0.25) is 0 Å². The number of nitriles is 1. The summed E-state index contributed by atoms with van der Waals surface area (Å²) >= 11 is 0. The van der Waals surface area contributed by atoms with E-state index >= 15 is 0 Å². The summed E-state index contributed by atoms with van der Waals surface area (Å²) in [6.07, 6.45) is -0.968. The summed E-state index contributed by atoms with van der Waals surface area (Å²) in [5.41, 5.74) is 1.39. The quantitative estimate of drug-likeness (QED) is 0.914. The molecule has 0 bridgehead atoms. The highest BCUT2D eigenvalue weighted by Gasteiger charge is 2.05. The molecule has 0 radical (unpaired) electrons. The Morgan fingerprint density at radius 1 is 1.16 bits per heavy atom.